The molecule has 0 radical (unpaired) electrons. The Hall–Kier alpha value is -2.94. The van der Waals surface area contributed by atoms with E-state index in [0.29, 0.717) is 17.2 Å². The third kappa shape index (κ3) is 4.07. The molecule has 0 aliphatic carbocycles. The van der Waals surface area contributed by atoms with Crippen LogP contribution in [0.5, 0.6) is 0 Å². The first-order valence-electron chi connectivity index (χ1n) is 7.13. The second-order valence-corrected chi connectivity index (χ2v) is 5.50. The number of aromatic carboxylic acids is 1. The van der Waals surface area contributed by atoms with Crippen LogP contribution in [0.25, 0.3) is 0 Å². The van der Waals surface area contributed by atoms with E-state index >= 15 is 0 Å². The van der Waals surface area contributed by atoms with Crippen LogP contribution in [0.15, 0.2) is 18.2 Å². The van der Waals surface area contributed by atoms with Gasteiger partial charge < -0.3 is 14.8 Å². The van der Waals surface area contributed by atoms with E-state index in [2.05, 4.69) is 10.2 Å². The maximum absolute atomic E-state index is 11.8. The minimum atomic E-state index is -1.13. The van der Waals surface area contributed by atoms with Crippen molar-refractivity contribution in [2.24, 2.45) is 0 Å². The van der Waals surface area contributed by atoms with Gasteiger partial charge in [0.15, 0.2) is 0 Å². The van der Waals surface area contributed by atoms with Gasteiger partial charge in [-0.15, -0.1) is 5.06 Å². The highest BCUT2D eigenvalue weighted by molar-refractivity contribution is 6.02. The lowest BCUT2D eigenvalue weighted by Crippen LogP contribution is -2.34. The normalized spacial score (nSPS) is 14.2. The summed E-state index contributed by atoms with van der Waals surface area (Å²) >= 11 is 0. The Labute approximate surface area is 137 Å². The third-order valence-electron chi connectivity index (χ3n) is 3.25. The van der Waals surface area contributed by atoms with Crippen LogP contribution < -0.4 is 5.32 Å². The van der Waals surface area contributed by atoms with Crippen molar-refractivity contribution in [1.29, 1.82) is 0 Å². The zero-order chi connectivity index (χ0) is 17.9. The van der Waals surface area contributed by atoms with Gasteiger partial charge in [0.2, 0.25) is 0 Å². The Kier molecular flexibility index (Phi) is 5.14. The van der Waals surface area contributed by atoms with Crippen molar-refractivity contribution in [3.63, 3.8) is 0 Å². The van der Waals surface area contributed by atoms with Crippen LogP contribution in [0.2, 0.25) is 0 Å². The molecule has 0 spiro atoms. The number of nitrogens with one attached hydrogen (secondary N) is 1. The minimum absolute atomic E-state index is 0.00545. The zero-order valence-electron chi connectivity index (χ0n) is 13.2. The fourth-order valence-electron chi connectivity index (χ4n) is 2.21. The number of hydroxylamine groups is 2. The number of hydrogen-bond acceptors (Lipinski definition) is 6. The predicted octanol–water partition coefficient (Wildman–Crippen LogP) is 1.06. The van der Waals surface area contributed by atoms with E-state index in [9.17, 15) is 24.3 Å². The molecule has 9 heteroatoms. The molecule has 128 valence electrons. The van der Waals surface area contributed by atoms with Crippen molar-refractivity contribution in [2.75, 3.05) is 19.4 Å². The van der Waals surface area contributed by atoms with Gasteiger partial charge in [-0.3, -0.25) is 14.9 Å². The summed E-state index contributed by atoms with van der Waals surface area (Å²) in [5, 5.41) is 12.0. The van der Waals surface area contributed by atoms with E-state index in [1.54, 1.807) is 20.2 Å². The summed E-state index contributed by atoms with van der Waals surface area (Å²) in [6, 6.07) is 4.38. The van der Waals surface area contributed by atoms with Gasteiger partial charge in [0.05, 0.1) is 5.56 Å². The van der Waals surface area contributed by atoms with Gasteiger partial charge in [0.1, 0.15) is 0 Å². The number of benzene rings is 1. The van der Waals surface area contributed by atoms with Crippen LogP contribution in [0, 0.1) is 0 Å². The molecule has 1 aliphatic heterocycles. The lowest BCUT2D eigenvalue weighted by atomic mass is 10.1. The van der Waals surface area contributed by atoms with Gasteiger partial charge >= 0.3 is 12.1 Å². The molecule has 1 heterocycles. The molecule has 9 nitrogen and oxygen atoms in total. The van der Waals surface area contributed by atoms with Crippen molar-refractivity contribution in [1.82, 2.24) is 9.96 Å². The fraction of sp³-hybridized carbons (Fsp3) is 0.333. The molecule has 0 unspecified atom stereocenters. The number of amides is 3. The molecule has 1 fully saturated rings. The number of rotatable bonds is 5. The van der Waals surface area contributed by atoms with Crippen LogP contribution >= 0.6 is 0 Å². The molecule has 1 aliphatic rings. The Morgan fingerprint density at radius 3 is 2.42 bits per heavy atom. The molecule has 2 rings (SSSR count). The SMILES string of the molecule is CN(C)Cc1ccc(NC(=O)ON2C(=O)CCC2=O)cc1C(=O)O. The first-order chi connectivity index (χ1) is 11.3. The predicted molar refractivity (Wildman–Crippen MR) is 82.0 cm³/mol. The van der Waals surface area contributed by atoms with E-state index < -0.39 is 23.9 Å². The lowest BCUT2D eigenvalue weighted by molar-refractivity contribution is -0.170. The number of hydrogen-bond donors (Lipinski definition) is 2. The molecule has 24 heavy (non-hydrogen) atoms. The Bertz CT molecular complexity index is 684. The van der Waals surface area contributed by atoms with Gasteiger partial charge in [0.25, 0.3) is 11.8 Å². The summed E-state index contributed by atoms with van der Waals surface area (Å²) in [5.74, 6) is -2.32. The van der Waals surface area contributed by atoms with Crippen LogP contribution in [-0.2, 0) is 21.0 Å². The van der Waals surface area contributed by atoms with E-state index in [1.165, 1.54) is 12.1 Å². The fourth-order valence-corrected chi connectivity index (χ4v) is 2.21. The van der Waals surface area contributed by atoms with Crippen molar-refractivity contribution in [3.8, 4) is 0 Å². The maximum Gasteiger partial charge on any atom is 0.436 e. The number of carboxylic acids is 1. The Balaban J connectivity index is 2.10. The molecule has 3 amide bonds. The standard InChI is InChI=1S/C15H17N3O6/c1-17(2)8-9-3-4-10(7-11(9)14(21)22)16-15(23)24-18-12(19)5-6-13(18)20/h3-4,7H,5-6,8H2,1-2H3,(H,16,23)(H,21,22). The summed E-state index contributed by atoms with van der Waals surface area (Å²) in [6.45, 7) is 0.420. The topological polar surface area (TPSA) is 116 Å². The average molecular weight is 335 g/mol. The van der Waals surface area contributed by atoms with E-state index in [1.807, 2.05) is 4.90 Å². The van der Waals surface area contributed by atoms with Crippen LogP contribution in [0.1, 0.15) is 28.8 Å². The van der Waals surface area contributed by atoms with Gasteiger partial charge in [-0.25, -0.2) is 9.59 Å². The quantitative estimate of drug-likeness (QED) is 0.773. The van der Waals surface area contributed by atoms with E-state index in [-0.39, 0.29) is 24.1 Å². The molecule has 0 aromatic heterocycles. The Morgan fingerprint density at radius 1 is 1.25 bits per heavy atom. The highest BCUT2D eigenvalue weighted by Gasteiger charge is 2.32. The number of nitrogens with zero attached hydrogens (tertiary/aromatic N) is 2. The number of carboxylic acid groups (broad SMARTS) is 1. The van der Waals surface area contributed by atoms with Gasteiger partial charge in [-0.2, -0.15) is 0 Å². The highest BCUT2D eigenvalue weighted by atomic mass is 16.7. The van der Waals surface area contributed by atoms with Crippen LogP contribution in [-0.4, -0.2) is 53.0 Å². The van der Waals surface area contributed by atoms with Crippen LogP contribution in [0.4, 0.5) is 10.5 Å². The maximum atomic E-state index is 11.8. The second kappa shape index (κ2) is 7.09. The first-order valence-corrected chi connectivity index (χ1v) is 7.13. The molecule has 1 aromatic carbocycles. The van der Waals surface area contributed by atoms with Crippen LogP contribution in [0.3, 0.4) is 0 Å². The number of carbonyl (C=O) groups is 4. The molecule has 0 atom stereocenters. The third-order valence-corrected chi connectivity index (χ3v) is 3.25. The minimum Gasteiger partial charge on any atom is -0.478 e. The molecule has 0 saturated carbocycles. The summed E-state index contributed by atoms with van der Waals surface area (Å²) in [6.07, 6.45) is -1.06. The molecule has 2 N–H and O–H groups in total. The van der Waals surface area contributed by atoms with Gasteiger partial charge in [0, 0.05) is 25.1 Å². The molecular formula is C15H17N3O6. The largest absolute Gasteiger partial charge is 0.478 e. The van der Waals surface area contributed by atoms with Crippen molar-refractivity contribution < 1.29 is 29.1 Å². The molecule has 1 saturated heterocycles. The number of carbonyl (C=O) groups excluding carboxylic acids is 3. The summed E-state index contributed by atoms with van der Waals surface area (Å²) < 4.78 is 0. The molecule has 1 aromatic rings. The summed E-state index contributed by atoms with van der Waals surface area (Å²) in [7, 11) is 3.61. The second-order valence-electron chi connectivity index (χ2n) is 5.50. The van der Waals surface area contributed by atoms with E-state index in [0.717, 1.165) is 0 Å². The highest BCUT2D eigenvalue weighted by Crippen LogP contribution is 2.19. The summed E-state index contributed by atoms with van der Waals surface area (Å²) in [5.41, 5.74) is 0.796. The molecule has 0 bridgehead atoms. The average Bonchev–Trinajstić information content (AvgIpc) is 2.80. The number of anilines is 1. The van der Waals surface area contributed by atoms with Gasteiger partial charge in [-0.05, 0) is 31.8 Å². The summed E-state index contributed by atoms with van der Waals surface area (Å²) in [4.78, 5) is 52.4. The van der Waals surface area contributed by atoms with Crippen molar-refractivity contribution in [3.05, 3.63) is 29.3 Å². The monoisotopic (exact) mass is 335 g/mol. The van der Waals surface area contributed by atoms with Crippen molar-refractivity contribution in [2.45, 2.75) is 19.4 Å². The van der Waals surface area contributed by atoms with Gasteiger partial charge in [-0.1, -0.05) is 6.07 Å². The van der Waals surface area contributed by atoms with E-state index in [4.69, 9.17) is 0 Å². The Morgan fingerprint density at radius 2 is 1.88 bits per heavy atom. The zero-order valence-corrected chi connectivity index (χ0v) is 13.2. The molecular weight excluding hydrogens is 318 g/mol. The smallest absolute Gasteiger partial charge is 0.436 e. The number of imide groups is 1. The van der Waals surface area contributed by atoms with Crippen molar-refractivity contribution >= 4 is 29.6 Å². The first kappa shape index (κ1) is 17.4. The lowest BCUT2D eigenvalue weighted by Gasteiger charge is -2.15.